The number of hydrogen-bond donors (Lipinski definition) is 6. The molecule has 24 heteroatoms. The van der Waals surface area contributed by atoms with Gasteiger partial charge in [-0.3, -0.25) is 9.97 Å². The Morgan fingerprint density at radius 2 is 0.909 bits per heavy atom. The van der Waals surface area contributed by atoms with Crippen LogP contribution in [-0.2, 0) is 20.2 Å². The van der Waals surface area contributed by atoms with Gasteiger partial charge in [0.2, 0.25) is 23.1 Å². The standard InChI is InChI=1S/C42H46N10O10S2.2Na/c1-27-7-3-5-9-33(27)43-39-45-37(47-41(49-39)51(17-21-53)18-22-54)31-15-13-29(35(25-31)63(57,58)59)11-12-30-14-16-32(26-36(30)64(60,61)62)38-46-40(44-34-10-6-4-8-28(34)2)50-42(48-38)52(19-23-55)20-24-56;;/h3-16,25-26,53-56H,17-24H2,1-2H3,(H,57,58,59)(H,60,61,62)(H,43,45,47,49)(H,44,46,48,50);;/q;2*+1/p-2/b12-11+;;. The second-order valence-corrected chi connectivity index (χ2v) is 16.7. The first-order valence-corrected chi connectivity index (χ1v) is 22.4. The largest absolute Gasteiger partial charge is 1.00 e. The Morgan fingerprint density at radius 3 is 1.23 bits per heavy atom. The molecule has 0 saturated carbocycles. The van der Waals surface area contributed by atoms with Crippen LogP contribution >= 0.6 is 0 Å². The van der Waals surface area contributed by atoms with Gasteiger partial charge in [-0.2, -0.15) is 19.9 Å². The number of nitrogens with one attached hydrogen (secondary N) is 2. The third-order valence-electron chi connectivity index (χ3n) is 9.58. The minimum absolute atomic E-state index is 0. The Morgan fingerprint density at radius 1 is 0.561 bits per heavy atom. The number of benzene rings is 4. The van der Waals surface area contributed by atoms with Crippen molar-refractivity contribution < 1.29 is 105 Å². The topological polar surface area (TPSA) is 310 Å². The van der Waals surface area contributed by atoms with E-state index in [1.165, 1.54) is 46.2 Å². The average Bonchev–Trinajstić information content (AvgIpc) is 3.26. The molecule has 0 saturated heterocycles. The summed E-state index contributed by atoms with van der Waals surface area (Å²) in [4.78, 5) is 34.7. The summed E-state index contributed by atoms with van der Waals surface area (Å²) in [6, 6.07) is 21.9. The molecular weight excluding hydrogens is 915 g/mol. The van der Waals surface area contributed by atoms with E-state index in [0.717, 1.165) is 23.3 Å². The fourth-order valence-electron chi connectivity index (χ4n) is 6.40. The van der Waals surface area contributed by atoms with Gasteiger partial charge < -0.3 is 39.3 Å². The van der Waals surface area contributed by atoms with E-state index in [9.17, 15) is 46.4 Å². The van der Waals surface area contributed by atoms with E-state index in [-0.39, 0.29) is 169 Å². The quantitative estimate of drug-likeness (QED) is 0.0271. The Hall–Kier alpha value is -4.50. The smallest absolute Gasteiger partial charge is 0.744 e. The van der Waals surface area contributed by atoms with E-state index in [2.05, 4.69) is 39.9 Å². The molecule has 66 heavy (non-hydrogen) atoms. The Labute approximate surface area is 424 Å². The summed E-state index contributed by atoms with van der Waals surface area (Å²) < 4.78 is 76.6. The molecule has 0 spiro atoms. The van der Waals surface area contributed by atoms with Crippen molar-refractivity contribution in [2.45, 2.75) is 23.6 Å². The fraction of sp³-hybridized carbons (Fsp3) is 0.238. The van der Waals surface area contributed by atoms with E-state index in [4.69, 9.17) is 0 Å². The van der Waals surface area contributed by atoms with Gasteiger partial charge in [-0.05, 0) is 60.4 Å². The van der Waals surface area contributed by atoms with E-state index >= 15 is 0 Å². The zero-order valence-corrected chi connectivity index (χ0v) is 42.2. The number of nitrogens with zero attached hydrogens (tertiary/aromatic N) is 8. The Kier molecular flexibility index (Phi) is 20.1. The second-order valence-electron chi connectivity index (χ2n) is 14.1. The van der Waals surface area contributed by atoms with Crippen molar-refractivity contribution in [3.05, 3.63) is 118 Å². The minimum Gasteiger partial charge on any atom is -0.744 e. The van der Waals surface area contributed by atoms with Crippen LogP contribution < -0.4 is 80.2 Å². The van der Waals surface area contributed by atoms with Gasteiger partial charge in [0.1, 0.15) is 20.2 Å². The molecule has 6 rings (SSSR count). The molecule has 6 N–H and O–H groups in total. The number of rotatable bonds is 18. The molecule has 2 heterocycles. The van der Waals surface area contributed by atoms with Crippen molar-refractivity contribution in [1.29, 1.82) is 0 Å². The first kappa shape index (κ1) is 54.1. The molecule has 0 fully saturated rings. The summed E-state index contributed by atoms with van der Waals surface area (Å²) in [7, 11) is -10.4. The normalized spacial score (nSPS) is 12.2. The van der Waals surface area contributed by atoms with E-state index < -0.39 is 30.0 Å². The summed E-state index contributed by atoms with van der Waals surface area (Å²) in [5, 5.41) is 38.8. The Bertz CT molecular complexity index is 2830. The zero-order chi connectivity index (χ0) is 46.0. The number of aromatic nitrogens is 6. The maximum Gasteiger partial charge on any atom is 1.00 e. The summed E-state index contributed by atoms with van der Waals surface area (Å²) >= 11 is 0. The maximum absolute atomic E-state index is 12.8. The summed E-state index contributed by atoms with van der Waals surface area (Å²) in [5.41, 5.74) is 2.67. The van der Waals surface area contributed by atoms with Crippen molar-refractivity contribution in [2.75, 3.05) is 62.4 Å². The first-order chi connectivity index (χ1) is 30.6. The van der Waals surface area contributed by atoms with Gasteiger partial charge in [-0.25, -0.2) is 26.8 Å². The molecule has 0 bridgehead atoms. The van der Waals surface area contributed by atoms with Gasteiger partial charge in [-0.15, -0.1) is 0 Å². The van der Waals surface area contributed by atoms with Crippen molar-refractivity contribution in [3.63, 3.8) is 0 Å². The van der Waals surface area contributed by atoms with Gasteiger partial charge in [0, 0.05) is 37.3 Å². The second kappa shape index (κ2) is 24.5. The zero-order valence-electron chi connectivity index (χ0n) is 36.5. The summed E-state index contributed by atoms with van der Waals surface area (Å²) in [5.74, 6) is 0.135. The third-order valence-corrected chi connectivity index (χ3v) is 11.4. The van der Waals surface area contributed by atoms with Crippen LogP contribution in [0.3, 0.4) is 0 Å². The van der Waals surface area contributed by atoms with Gasteiger partial charge in [0.15, 0.2) is 11.6 Å². The molecule has 0 atom stereocenters. The fourth-order valence-corrected chi connectivity index (χ4v) is 7.79. The van der Waals surface area contributed by atoms with Crippen molar-refractivity contribution in [3.8, 4) is 22.8 Å². The molecule has 0 radical (unpaired) electrons. The van der Waals surface area contributed by atoms with Gasteiger partial charge in [0.05, 0.1) is 47.6 Å². The van der Waals surface area contributed by atoms with Crippen LogP contribution in [0.15, 0.2) is 105 Å². The molecule has 0 aliphatic carbocycles. The number of H-pyrrole nitrogens is 2. The molecule has 6 aromatic rings. The molecule has 0 aliphatic rings. The molecule has 2 aromatic heterocycles. The minimum atomic E-state index is -5.22. The van der Waals surface area contributed by atoms with E-state index in [1.807, 2.05) is 38.1 Å². The van der Waals surface area contributed by atoms with Crippen LogP contribution in [0, 0.1) is 13.8 Å². The van der Waals surface area contributed by atoms with Gasteiger partial charge in [-0.1, -0.05) is 72.8 Å². The number of aliphatic hydroxyl groups is 4. The van der Waals surface area contributed by atoms with Crippen LogP contribution in [0.1, 0.15) is 22.3 Å². The number of aryl methyl sites for hydroxylation is 2. The first-order valence-electron chi connectivity index (χ1n) is 19.6. The molecule has 4 aromatic carbocycles. The van der Waals surface area contributed by atoms with E-state index in [0.29, 0.717) is 11.4 Å². The number of aliphatic hydroxyl groups excluding tert-OH is 4. The monoisotopic (exact) mass is 958 g/mol. The van der Waals surface area contributed by atoms with Gasteiger partial charge in [0.25, 0.3) is 0 Å². The van der Waals surface area contributed by atoms with Crippen LogP contribution in [-0.4, -0.2) is 129 Å². The van der Waals surface area contributed by atoms with E-state index in [1.54, 1.807) is 24.3 Å². The number of aromatic amines is 2. The molecule has 0 aliphatic heterocycles. The predicted octanol–water partition coefficient (Wildman–Crippen LogP) is -4.09. The number of anilines is 2. The third kappa shape index (κ3) is 14.0. The number of hydrogen-bond acceptors (Lipinski definition) is 18. The van der Waals surface area contributed by atoms with Crippen LogP contribution in [0.5, 0.6) is 0 Å². The average molecular weight is 959 g/mol. The summed E-state index contributed by atoms with van der Waals surface area (Å²) in [6.45, 7) is 2.72. The number of para-hydroxylation sites is 2. The molecule has 336 valence electrons. The van der Waals surface area contributed by atoms with Crippen LogP contribution in [0.25, 0.3) is 34.9 Å². The van der Waals surface area contributed by atoms with Crippen LogP contribution in [0.4, 0.5) is 23.3 Å². The predicted molar refractivity (Wildman–Crippen MR) is 234 cm³/mol. The van der Waals surface area contributed by atoms with Crippen LogP contribution in [0.2, 0.25) is 0 Å². The van der Waals surface area contributed by atoms with Crippen molar-refractivity contribution >= 4 is 55.7 Å². The van der Waals surface area contributed by atoms with Crippen molar-refractivity contribution in [2.24, 2.45) is 9.98 Å². The summed E-state index contributed by atoms with van der Waals surface area (Å²) in [6.07, 6.45) is 2.33. The molecule has 0 amide bonds. The maximum atomic E-state index is 12.8. The Balaban J connectivity index is 0.00000476. The van der Waals surface area contributed by atoms with Crippen molar-refractivity contribution in [1.82, 2.24) is 29.9 Å². The molecule has 20 nitrogen and oxygen atoms in total. The molecule has 0 unspecified atom stereocenters. The molecular formula is C42H44N10Na2O10S2. The SMILES string of the molecule is Cc1ccccc1N=c1nc(-c2ccc(/C=C/c3ccc(-c4nc(N(CCO)CCO)[nH]c(=Nc5ccccc5C)n4)cc3S(=O)(=O)[O-])c(S(=O)(=O)[O-])c2)nc(N(CCO)CCO)[nH]1.[Na+].[Na+]. The van der Waals surface area contributed by atoms with Gasteiger partial charge >= 0.3 is 59.1 Å².